The fourth-order valence-electron chi connectivity index (χ4n) is 6.36. The first-order chi connectivity index (χ1) is 16.0. The highest BCUT2D eigenvalue weighted by Gasteiger charge is 2.59. The molecule has 3 aliphatic carbocycles. The molecule has 3 saturated carbocycles. The van der Waals surface area contributed by atoms with Gasteiger partial charge < -0.3 is 19.4 Å². The number of carbonyl (C=O) groups excluding carboxylic acids is 1. The Morgan fingerprint density at radius 2 is 1.61 bits per heavy atom. The number of nitrogens with zero attached hydrogens (tertiary/aromatic N) is 4. The predicted molar refractivity (Wildman–Crippen MR) is 133 cm³/mol. The third kappa shape index (κ3) is 5.02. The van der Waals surface area contributed by atoms with Gasteiger partial charge in [0.25, 0.3) is 0 Å². The number of benzene rings is 1. The zero-order valence-corrected chi connectivity index (χ0v) is 20.8. The minimum atomic E-state index is 0.225. The molecule has 0 aromatic heterocycles. The Kier molecular flexibility index (Phi) is 6.84. The van der Waals surface area contributed by atoms with E-state index in [1.54, 1.807) is 0 Å². The zero-order chi connectivity index (χ0) is 22.9. The Bertz CT molecular complexity index is 799. The van der Waals surface area contributed by atoms with Crippen LogP contribution in [0, 0.1) is 0 Å². The molecule has 1 aromatic carbocycles. The summed E-state index contributed by atoms with van der Waals surface area (Å²) < 4.78 is 6.12. The molecule has 6 heteroatoms. The molecule has 5 rings (SSSR count). The van der Waals surface area contributed by atoms with E-state index in [1.165, 1.54) is 44.9 Å². The molecule has 4 aliphatic rings. The predicted octanol–water partition coefficient (Wildman–Crippen LogP) is 4.59. The summed E-state index contributed by atoms with van der Waals surface area (Å²) in [6.07, 6.45) is 12.3. The van der Waals surface area contributed by atoms with Gasteiger partial charge in [-0.1, -0.05) is 0 Å². The van der Waals surface area contributed by atoms with Gasteiger partial charge in [-0.05, 0) is 123 Å². The number of hydrogen-bond donors (Lipinski definition) is 0. The van der Waals surface area contributed by atoms with Crippen LogP contribution in [0.5, 0.6) is 5.75 Å². The highest BCUT2D eigenvalue weighted by molar-refractivity contribution is 5.97. The summed E-state index contributed by atoms with van der Waals surface area (Å²) in [5.41, 5.74) is 1.03. The minimum Gasteiger partial charge on any atom is -0.490 e. The molecule has 0 N–H and O–H groups in total. The van der Waals surface area contributed by atoms with Gasteiger partial charge in [0.1, 0.15) is 5.75 Å². The number of hydrogen-bond acceptors (Lipinski definition) is 4. The Balaban J connectivity index is 1.14. The van der Waals surface area contributed by atoms with E-state index in [9.17, 15) is 4.79 Å². The standard InChI is InChI=1S/C27H42N4O2/c1-28(2)17-6-18-29(3)20-9-11-21(12-10-20)30-25-19-26(25)31(27(30)32)22-13-15-24(16-14-22)33-23-7-4-5-8-23/h13-16,20-21,23,25-26H,4-12,17-19H2,1-3H3. The maximum atomic E-state index is 13.4. The van der Waals surface area contributed by atoms with Crippen molar-refractivity contribution in [3.8, 4) is 5.75 Å². The molecule has 1 heterocycles. The van der Waals surface area contributed by atoms with Crippen LogP contribution in [-0.4, -0.2) is 85.2 Å². The van der Waals surface area contributed by atoms with Crippen molar-refractivity contribution in [2.24, 2.45) is 0 Å². The SMILES string of the molecule is CN(C)CCCN(C)C1CCC(N2C(=O)N(c3ccc(OC4CCCC4)cc3)C3CC32)CC1. The van der Waals surface area contributed by atoms with Crippen molar-refractivity contribution in [1.29, 1.82) is 0 Å². The normalized spacial score (nSPS) is 29.9. The van der Waals surface area contributed by atoms with Crippen molar-refractivity contribution < 1.29 is 9.53 Å². The molecule has 0 radical (unpaired) electrons. The van der Waals surface area contributed by atoms with E-state index in [0.29, 0.717) is 30.3 Å². The lowest BCUT2D eigenvalue weighted by atomic mass is 9.89. The third-order valence-corrected chi connectivity index (χ3v) is 8.36. The second-order valence-corrected chi connectivity index (χ2v) is 11.0. The van der Waals surface area contributed by atoms with E-state index >= 15 is 0 Å². The van der Waals surface area contributed by atoms with Gasteiger partial charge in [0.2, 0.25) is 0 Å². The lowest BCUT2D eigenvalue weighted by molar-refractivity contribution is 0.123. The van der Waals surface area contributed by atoms with Crippen LogP contribution < -0.4 is 9.64 Å². The van der Waals surface area contributed by atoms with Crippen molar-refractivity contribution in [2.75, 3.05) is 39.1 Å². The molecule has 6 nitrogen and oxygen atoms in total. The highest BCUT2D eigenvalue weighted by atomic mass is 16.5. The van der Waals surface area contributed by atoms with Gasteiger partial charge in [-0.3, -0.25) is 4.90 Å². The van der Waals surface area contributed by atoms with Crippen LogP contribution in [0.1, 0.15) is 64.2 Å². The van der Waals surface area contributed by atoms with Crippen LogP contribution in [0.15, 0.2) is 24.3 Å². The smallest absolute Gasteiger partial charge is 0.325 e. The zero-order valence-electron chi connectivity index (χ0n) is 20.8. The monoisotopic (exact) mass is 454 g/mol. The summed E-state index contributed by atoms with van der Waals surface area (Å²) in [7, 11) is 6.57. The molecular formula is C27H42N4O2. The fraction of sp³-hybridized carbons (Fsp3) is 0.741. The van der Waals surface area contributed by atoms with Crippen molar-refractivity contribution in [3.05, 3.63) is 24.3 Å². The maximum Gasteiger partial charge on any atom is 0.325 e. The van der Waals surface area contributed by atoms with Crippen molar-refractivity contribution in [3.63, 3.8) is 0 Å². The summed E-state index contributed by atoms with van der Waals surface area (Å²) in [6, 6.07) is 10.4. The van der Waals surface area contributed by atoms with Crippen LogP contribution in [0.2, 0.25) is 0 Å². The van der Waals surface area contributed by atoms with E-state index in [0.717, 1.165) is 43.8 Å². The summed E-state index contributed by atoms with van der Waals surface area (Å²) in [4.78, 5) is 22.6. The van der Waals surface area contributed by atoms with E-state index in [2.05, 4.69) is 65.0 Å². The molecule has 182 valence electrons. The summed E-state index contributed by atoms with van der Waals surface area (Å²) in [5, 5.41) is 0. The molecule has 2 atom stereocenters. The van der Waals surface area contributed by atoms with Crippen LogP contribution in [0.25, 0.3) is 0 Å². The number of amides is 2. The number of fused-ring (bicyclic) bond motifs is 1. The third-order valence-electron chi connectivity index (χ3n) is 8.36. The van der Waals surface area contributed by atoms with Gasteiger partial charge in [-0.2, -0.15) is 0 Å². The number of urea groups is 1. The van der Waals surface area contributed by atoms with Crippen molar-refractivity contribution >= 4 is 11.7 Å². The topological polar surface area (TPSA) is 39.3 Å². The quantitative estimate of drug-likeness (QED) is 0.547. The lowest BCUT2D eigenvalue weighted by Crippen LogP contribution is -2.47. The first-order valence-corrected chi connectivity index (χ1v) is 13.2. The first-order valence-electron chi connectivity index (χ1n) is 13.2. The summed E-state index contributed by atoms with van der Waals surface area (Å²) in [5.74, 6) is 0.939. The van der Waals surface area contributed by atoms with E-state index < -0.39 is 0 Å². The van der Waals surface area contributed by atoms with Crippen LogP contribution in [0.3, 0.4) is 0 Å². The van der Waals surface area contributed by atoms with Crippen LogP contribution >= 0.6 is 0 Å². The van der Waals surface area contributed by atoms with Gasteiger partial charge in [-0.15, -0.1) is 0 Å². The second kappa shape index (κ2) is 9.83. The molecule has 0 bridgehead atoms. The second-order valence-electron chi connectivity index (χ2n) is 11.0. The number of rotatable bonds is 9. The molecule has 33 heavy (non-hydrogen) atoms. The molecule has 1 saturated heterocycles. The fourth-order valence-corrected chi connectivity index (χ4v) is 6.36. The number of carbonyl (C=O) groups is 1. The van der Waals surface area contributed by atoms with Gasteiger partial charge in [0.15, 0.2) is 0 Å². The number of ether oxygens (including phenoxy) is 1. The van der Waals surface area contributed by atoms with Crippen LogP contribution in [-0.2, 0) is 0 Å². The van der Waals surface area contributed by atoms with Gasteiger partial charge in [-0.25, -0.2) is 4.79 Å². The van der Waals surface area contributed by atoms with Gasteiger partial charge >= 0.3 is 6.03 Å². The van der Waals surface area contributed by atoms with Gasteiger partial charge in [0.05, 0.1) is 18.2 Å². The lowest BCUT2D eigenvalue weighted by Gasteiger charge is -2.39. The largest absolute Gasteiger partial charge is 0.490 e. The molecule has 4 fully saturated rings. The van der Waals surface area contributed by atoms with Gasteiger partial charge in [0, 0.05) is 17.8 Å². The van der Waals surface area contributed by atoms with E-state index in [-0.39, 0.29) is 6.03 Å². The molecule has 1 aromatic rings. The Morgan fingerprint density at radius 1 is 0.909 bits per heavy atom. The highest BCUT2D eigenvalue weighted by Crippen LogP contribution is 2.46. The molecule has 1 aliphatic heterocycles. The Hall–Kier alpha value is -1.79. The first kappa shape index (κ1) is 23.0. The summed E-state index contributed by atoms with van der Waals surface area (Å²) in [6.45, 7) is 2.31. The molecule has 2 unspecified atom stereocenters. The average Bonchev–Trinajstić information content (AvgIpc) is 3.26. The Labute approximate surface area is 199 Å². The minimum absolute atomic E-state index is 0.225. The van der Waals surface area contributed by atoms with E-state index in [4.69, 9.17) is 4.74 Å². The van der Waals surface area contributed by atoms with Crippen molar-refractivity contribution in [2.45, 2.75) is 94.5 Å². The van der Waals surface area contributed by atoms with E-state index in [1.807, 2.05) is 0 Å². The molecule has 2 amide bonds. The average molecular weight is 455 g/mol. The maximum absolute atomic E-state index is 13.4. The van der Waals surface area contributed by atoms with Crippen molar-refractivity contribution in [1.82, 2.24) is 14.7 Å². The Morgan fingerprint density at radius 3 is 2.27 bits per heavy atom. The van der Waals surface area contributed by atoms with Crippen LogP contribution in [0.4, 0.5) is 10.5 Å². The molecular weight excluding hydrogens is 412 g/mol. The number of anilines is 1. The molecule has 0 spiro atoms. The summed E-state index contributed by atoms with van der Waals surface area (Å²) >= 11 is 0.